The van der Waals surface area contributed by atoms with E-state index in [1.165, 1.54) is 12.0 Å². The number of amides is 2. The summed E-state index contributed by atoms with van der Waals surface area (Å²) in [5.41, 5.74) is 0.699. The molecule has 1 heterocycles. The van der Waals surface area contributed by atoms with Crippen LogP contribution in [0.2, 0.25) is 5.02 Å². The molecule has 0 radical (unpaired) electrons. The first kappa shape index (κ1) is 13.7. The molecule has 1 aliphatic rings. The summed E-state index contributed by atoms with van der Waals surface area (Å²) in [5.74, 6) is 0.183. The van der Waals surface area contributed by atoms with Crippen molar-refractivity contribution in [3.8, 4) is 5.75 Å². The van der Waals surface area contributed by atoms with Gasteiger partial charge in [0.1, 0.15) is 11.8 Å². The molecule has 0 bridgehead atoms. The molecule has 0 saturated carbocycles. The lowest BCUT2D eigenvalue weighted by atomic mass is 10.2. The number of methoxy groups -OCH3 is 1. The maximum Gasteiger partial charge on any atom is 0.252 e. The standard InChI is InChI=1S/C13H15ClN2O3/c1-3-16-12(17)7-10(13(16)18)15-8-4-5-9(14)11(6-8)19-2/h4-6,10,15H,3,7H2,1-2H3. The molecule has 0 aromatic heterocycles. The third-order valence-electron chi connectivity index (χ3n) is 3.05. The number of hydrogen-bond donors (Lipinski definition) is 1. The number of carbonyl (C=O) groups excluding carboxylic acids is 2. The first-order valence-electron chi connectivity index (χ1n) is 6.01. The molecule has 1 aromatic rings. The zero-order valence-corrected chi connectivity index (χ0v) is 11.5. The minimum absolute atomic E-state index is 0.147. The van der Waals surface area contributed by atoms with Gasteiger partial charge in [-0.05, 0) is 19.1 Å². The van der Waals surface area contributed by atoms with Crippen LogP contribution in [0, 0.1) is 0 Å². The maximum absolute atomic E-state index is 12.0. The molecule has 1 aliphatic heterocycles. The molecular formula is C13H15ClN2O3. The summed E-state index contributed by atoms with van der Waals surface area (Å²) in [6, 6.07) is 4.62. The second-order valence-corrected chi connectivity index (χ2v) is 4.63. The summed E-state index contributed by atoms with van der Waals surface area (Å²) in [6.45, 7) is 2.18. The first-order chi connectivity index (χ1) is 9.06. The van der Waals surface area contributed by atoms with E-state index < -0.39 is 6.04 Å². The Morgan fingerprint density at radius 3 is 2.79 bits per heavy atom. The highest BCUT2D eigenvalue weighted by Crippen LogP contribution is 2.28. The zero-order valence-electron chi connectivity index (χ0n) is 10.8. The number of likely N-dealkylation sites (N-methyl/N-ethyl adjacent to an activating group) is 1. The van der Waals surface area contributed by atoms with Gasteiger partial charge in [0.15, 0.2) is 0 Å². The van der Waals surface area contributed by atoms with Crippen molar-refractivity contribution in [3.63, 3.8) is 0 Å². The predicted octanol–water partition coefficient (Wildman–Crippen LogP) is 1.91. The van der Waals surface area contributed by atoms with E-state index in [1.54, 1.807) is 25.1 Å². The Bertz CT molecular complexity index is 519. The first-order valence-corrected chi connectivity index (χ1v) is 6.39. The summed E-state index contributed by atoms with van der Waals surface area (Å²) in [5, 5.41) is 3.53. The summed E-state index contributed by atoms with van der Waals surface area (Å²) in [7, 11) is 1.52. The average Bonchev–Trinajstić information content (AvgIpc) is 2.66. The fraction of sp³-hybridized carbons (Fsp3) is 0.385. The summed E-state index contributed by atoms with van der Waals surface area (Å²) in [4.78, 5) is 24.8. The molecule has 1 saturated heterocycles. The average molecular weight is 283 g/mol. The van der Waals surface area contributed by atoms with Crippen molar-refractivity contribution in [2.75, 3.05) is 19.0 Å². The highest BCUT2D eigenvalue weighted by atomic mass is 35.5. The molecule has 1 unspecified atom stereocenters. The molecule has 2 amide bonds. The topological polar surface area (TPSA) is 58.6 Å². The Morgan fingerprint density at radius 1 is 1.47 bits per heavy atom. The highest BCUT2D eigenvalue weighted by Gasteiger charge is 2.37. The predicted molar refractivity (Wildman–Crippen MR) is 72.4 cm³/mol. The fourth-order valence-corrected chi connectivity index (χ4v) is 2.27. The molecule has 0 spiro atoms. The molecule has 5 nitrogen and oxygen atoms in total. The summed E-state index contributed by atoms with van der Waals surface area (Å²) in [6.07, 6.45) is 0.178. The van der Waals surface area contributed by atoms with Gasteiger partial charge in [-0.15, -0.1) is 0 Å². The largest absolute Gasteiger partial charge is 0.495 e. The quantitative estimate of drug-likeness (QED) is 0.857. The van der Waals surface area contributed by atoms with Gasteiger partial charge < -0.3 is 10.1 Å². The molecule has 1 aromatic carbocycles. The number of carbonyl (C=O) groups is 2. The van der Waals surface area contributed by atoms with Gasteiger partial charge in [0.25, 0.3) is 5.91 Å². The molecule has 0 aliphatic carbocycles. The summed E-state index contributed by atoms with van der Waals surface area (Å²) >= 11 is 5.93. The second-order valence-electron chi connectivity index (χ2n) is 4.23. The van der Waals surface area contributed by atoms with Gasteiger partial charge in [-0.3, -0.25) is 14.5 Å². The number of ether oxygens (including phenoxy) is 1. The van der Waals surface area contributed by atoms with Gasteiger partial charge in [-0.1, -0.05) is 11.6 Å². The Morgan fingerprint density at radius 2 is 2.21 bits per heavy atom. The maximum atomic E-state index is 12.0. The Kier molecular flexibility index (Phi) is 3.95. The Labute approximate surface area is 116 Å². The van der Waals surface area contributed by atoms with Crippen LogP contribution in [0.5, 0.6) is 5.75 Å². The van der Waals surface area contributed by atoms with Crippen molar-refractivity contribution in [2.24, 2.45) is 0 Å². The van der Waals surface area contributed by atoms with Gasteiger partial charge >= 0.3 is 0 Å². The van der Waals surface area contributed by atoms with Crippen molar-refractivity contribution < 1.29 is 14.3 Å². The van der Waals surface area contributed by atoms with Crippen molar-refractivity contribution in [3.05, 3.63) is 23.2 Å². The van der Waals surface area contributed by atoms with Crippen molar-refractivity contribution >= 4 is 29.1 Å². The molecule has 1 fully saturated rings. The molecule has 102 valence electrons. The van der Waals surface area contributed by atoms with Gasteiger partial charge in [0, 0.05) is 18.3 Å². The number of hydrogen-bond acceptors (Lipinski definition) is 4. The number of likely N-dealkylation sites (tertiary alicyclic amines) is 1. The van der Waals surface area contributed by atoms with Gasteiger partial charge in [-0.25, -0.2) is 0 Å². The van der Waals surface area contributed by atoms with Crippen molar-refractivity contribution in [1.82, 2.24) is 4.90 Å². The van der Waals surface area contributed by atoms with E-state index in [9.17, 15) is 9.59 Å². The molecule has 1 atom stereocenters. The molecule has 6 heteroatoms. The molecule has 1 N–H and O–H groups in total. The summed E-state index contributed by atoms with van der Waals surface area (Å²) < 4.78 is 5.11. The van der Waals surface area contributed by atoms with E-state index >= 15 is 0 Å². The van der Waals surface area contributed by atoms with E-state index in [4.69, 9.17) is 16.3 Å². The van der Waals surface area contributed by atoms with E-state index in [0.29, 0.717) is 23.0 Å². The number of nitrogens with one attached hydrogen (secondary N) is 1. The molecule has 19 heavy (non-hydrogen) atoms. The number of halogens is 1. The number of nitrogens with zero attached hydrogens (tertiary/aromatic N) is 1. The third kappa shape index (κ3) is 2.66. The lowest BCUT2D eigenvalue weighted by Gasteiger charge is -2.15. The zero-order chi connectivity index (χ0) is 14.0. The highest BCUT2D eigenvalue weighted by molar-refractivity contribution is 6.32. The van der Waals surface area contributed by atoms with Crippen molar-refractivity contribution in [1.29, 1.82) is 0 Å². The molecule has 2 rings (SSSR count). The van der Waals surface area contributed by atoms with Gasteiger partial charge in [-0.2, -0.15) is 0 Å². The number of rotatable bonds is 4. The lowest BCUT2D eigenvalue weighted by molar-refractivity contribution is -0.138. The van der Waals surface area contributed by atoms with Gasteiger partial charge in [0.05, 0.1) is 18.6 Å². The second kappa shape index (κ2) is 5.48. The van der Waals surface area contributed by atoms with E-state index in [1.807, 2.05) is 0 Å². The van der Waals surface area contributed by atoms with Crippen LogP contribution >= 0.6 is 11.6 Å². The smallest absolute Gasteiger partial charge is 0.252 e. The Hall–Kier alpha value is -1.75. The minimum atomic E-state index is -0.515. The fourth-order valence-electron chi connectivity index (χ4n) is 2.08. The van der Waals surface area contributed by atoms with E-state index in [-0.39, 0.29) is 18.2 Å². The Balaban J connectivity index is 2.14. The van der Waals surface area contributed by atoms with E-state index in [2.05, 4.69) is 5.32 Å². The SMILES string of the molecule is CCN1C(=O)CC(Nc2ccc(Cl)c(OC)c2)C1=O. The minimum Gasteiger partial charge on any atom is -0.495 e. The van der Waals surface area contributed by atoms with Crippen LogP contribution in [0.15, 0.2) is 18.2 Å². The van der Waals surface area contributed by atoms with Crippen LogP contribution in [0.25, 0.3) is 0 Å². The normalized spacial score (nSPS) is 18.9. The van der Waals surface area contributed by atoms with Gasteiger partial charge in [0.2, 0.25) is 5.91 Å². The van der Waals surface area contributed by atoms with Crippen LogP contribution in [0.4, 0.5) is 5.69 Å². The number of imide groups is 1. The van der Waals surface area contributed by atoms with Crippen LogP contribution in [-0.4, -0.2) is 36.4 Å². The van der Waals surface area contributed by atoms with Crippen molar-refractivity contribution in [2.45, 2.75) is 19.4 Å². The third-order valence-corrected chi connectivity index (χ3v) is 3.36. The van der Waals surface area contributed by atoms with Crippen LogP contribution in [-0.2, 0) is 9.59 Å². The van der Waals surface area contributed by atoms with Crippen LogP contribution in [0.3, 0.4) is 0 Å². The van der Waals surface area contributed by atoms with Crippen LogP contribution < -0.4 is 10.1 Å². The monoisotopic (exact) mass is 282 g/mol. The number of anilines is 1. The lowest BCUT2D eigenvalue weighted by Crippen LogP contribution is -2.34. The van der Waals surface area contributed by atoms with E-state index in [0.717, 1.165) is 0 Å². The molecular weight excluding hydrogens is 268 g/mol. The number of benzene rings is 1. The van der Waals surface area contributed by atoms with Crippen LogP contribution in [0.1, 0.15) is 13.3 Å².